The van der Waals surface area contributed by atoms with Crippen LogP contribution in [0.3, 0.4) is 0 Å². The van der Waals surface area contributed by atoms with Gasteiger partial charge in [0.05, 0.1) is 11.3 Å². The molecule has 0 radical (unpaired) electrons. The van der Waals surface area contributed by atoms with Crippen molar-refractivity contribution < 1.29 is 13.9 Å². The molecule has 2 N–H and O–H groups in total. The third kappa shape index (κ3) is 4.25. The standard InChI is InChI=1S/C20H23FN4O2S/c1-20(2,3)17-9-14(27-18(23)26)6-7-25(17)19-24-16(11-28-19)12-4-5-13(10-22)15(21)8-12/h4-5,8,11,14,17H,6-7,9H2,1-3H3,(H2,23,26). The van der Waals surface area contributed by atoms with Crippen molar-refractivity contribution in [2.24, 2.45) is 11.1 Å². The molecule has 28 heavy (non-hydrogen) atoms. The molecule has 8 heteroatoms. The lowest BCUT2D eigenvalue weighted by Crippen LogP contribution is -2.52. The molecule has 1 aromatic heterocycles. The number of carbonyl (C=O) groups is 1. The average Bonchev–Trinajstić information content (AvgIpc) is 3.10. The molecule has 148 valence electrons. The van der Waals surface area contributed by atoms with Gasteiger partial charge in [0, 0.05) is 36.4 Å². The molecule has 2 unspecified atom stereocenters. The number of piperidine rings is 1. The molecule has 1 saturated heterocycles. The summed E-state index contributed by atoms with van der Waals surface area (Å²) in [7, 11) is 0. The average molecular weight is 402 g/mol. The number of nitrogens with two attached hydrogens (primary N) is 1. The van der Waals surface area contributed by atoms with E-state index in [9.17, 15) is 9.18 Å². The first-order valence-electron chi connectivity index (χ1n) is 9.07. The summed E-state index contributed by atoms with van der Waals surface area (Å²) in [6, 6.07) is 6.45. The number of carbonyl (C=O) groups excluding carboxylic acids is 1. The lowest BCUT2D eigenvalue weighted by molar-refractivity contribution is 0.0670. The van der Waals surface area contributed by atoms with Crippen molar-refractivity contribution >= 4 is 22.6 Å². The van der Waals surface area contributed by atoms with Gasteiger partial charge in [-0.15, -0.1) is 11.3 Å². The van der Waals surface area contributed by atoms with Gasteiger partial charge in [0.1, 0.15) is 18.0 Å². The number of hydrogen-bond donors (Lipinski definition) is 1. The molecule has 2 aromatic rings. The van der Waals surface area contributed by atoms with Gasteiger partial charge in [-0.1, -0.05) is 26.8 Å². The Bertz CT molecular complexity index is 916. The first kappa shape index (κ1) is 20.1. The highest BCUT2D eigenvalue weighted by atomic mass is 32.1. The Morgan fingerprint density at radius 2 is 2.21 bits per heavy atom. The molecule has 1 fully saturated rings. The van der Waals surface area contributed by atoms with Crippen LogP contribution in [0.4, 0.5) is 14.3 Å². The number of rotatable bonds is 3. The largest absolute Gasteiger partial charge is 0.446 e. The molecule has 0 bridgehead atoms. The van der Waals surface area contributed by atoms with E-state index in [2.05, 4.69) is 25.7 Å². The molecule has 1 aliphatic heterocycles. The molecule has 1 aromatic carbocycles. The van der Waals surface area contributed by atoms with Gasteiger partial charge in [0.15, 0.2) is 5.13 Å². The first-order valence-corrected chi connectivity index (χ1v) is 9.95. The molecule has 2 atom stereocenters. The number of halogens is 1. The van der Waals surface area contributed by atoms with Gasteiger partial charge in [-0.05, 0) is 17.5 Å². The Morgan fingerprint density at radius 3 is 2.82 bits per heavy atom. The van der Waals surface area contributed by atoms with Crippen molar-refractivity contribution in [3.8, 4) is 17.3 Å². The van der Waals surface area contributed by atoms with E-state index >= 15 is 0 Å². The lowest BCUT2D eigenvalue weighted by atomic mass is 9.80. The Labute approximate surface area is 167 Å². The van der Waals surface area contributed by atoms with E-state index in [0.717, 1.165) is 5.13 Å². The molecule has 0 aliphatic carbocycles. The molecule has 6 nitrogen and oxygen atoms in total. The summed E-state index contributed by atoms with van der Waals surface area (Å²) in [5.41, 5.74) is 6.45. The van der Waals surface area contributed by atoms with Crippen LogP contribution in [0.25, 0.3) is 11.3 Å². The predicted octanol–water partition coefficient (Wildman–Crippen LogP) is 4.30. The second-order valence-electron chi connectivity index (χ2n) is 7.98. The second kappa shape index (κ2) is 7.76. The van der Waals surface area contributed by atoms with Crippen LogP contribution in [0.1, 0.15) is 39.2 Å². The highest BCUT2D eigenvalue weighted by Crippen LogP contribution is 2.38. The van der Waals surface area contributed by atoms with E-state index in [1.165, 1.54) is 23.5 Å². The van der Waals surface area contributed by atoms with Crippen LogP contribution in [0.2, 0.25) is 0 Å². The highest BCUT2D eigenvalue weighted by molar-refractivity contribution is 7.14. The van der Waals surface area contributed by atoms with Crippen LogP contribution >= 0.6 is 11.3 Å². The normalized spacial score (nSPS) is 19.9. The number of nitriles is 1. The van der Waals surface area contributed by atoms with E-state index in [0.29, 0.717) is 30.6 Å². The molecule has 0 spiro atoms. The molecule has 0 saturated carbocycles. The Morgan fingerprint density at radius 1 is 1.46 bits per heavy atom. The molecule has 3 rings (SSSR count). The number of benzene rings is 1. The fraction of sp³-hybridized carbons (Fsp3) is 0.450. The van der Waals surface area contributed by atoms with Crippen LogP contribution in [-0.4, -0.2) is 29.8 Å². The third-order valence-corrected chi connectivity index (χ3v) is 5.84. The minimum atomic E-state index is -0.745. The maximum absolute atomic E-state index is 14.0. The number of nitrogens with zero attached hydrogens (tertiary/aromatic N) is 3. The molecule has 2 heterocycles. The van der Waals surface area contributed by atoms with Crippen LogP contribution in [0, 0.1) is 22.6 Å². The van der Waals surface area contributed by atoms with Gasteiger partial charge in [0.2, 0.25) is 0 Å². The van der Waals surface area contributed by atoms with E-state index in [4.69, 9.17) is 20.7 Å². The smallest absolute Gasteiger partial charge is 0.404 e. The zero-order valence-corrected chi connectivity index (χ0v) is 16.9. The van der Waals surface area contributed by atoms with E-state index in [1.54, 1.807) is 6.07 Å². The molecule has 1 aliphatic rings. The Kier molecular flexibility index (Phi) is 5.57. The first-order chi connectivity index (χ1) is 13.2. The zero-order chi connectivity index (χ0) is 20.5. The summed E-state index contributed by atoms with van der Waals surface area (Å²) in [6.07, 6.45) is 0.401. The maximum atomic E-state index is 14.0. The third-order valence-electron chi connectivity index (χ3n) is 4.96. The number of anilines is 1. The van der Waals surface area contributed by atoms with Crippen molar-refractivity contribution in [3.05, 3.63) is 35.0 Å². The summed E-state index contributed by atoms with van der Waals surface area (Å²) < 4.78 is 19.2. The van der Waals surface area contributed by atoms with Crippen LogP contribution < -0.4 is 10.6 Å². The summed E-state index contributed by atoms with van der Waals surface area (Å²) in [6.45, 7) is 7.11. The van der Waals surface area contributed by atoms with Crippen LogP contribution in [0.15, 0.2) is 23.6 Å². The summed E-state index contributed by atoms with van der Waals surface area (Å²) >= 11 is 1.50. The molecular weight excluding hydrogens is 379 g/mol. The fourth-order valence-corrected chi connectivity index (χ4v) is 4.46. The number of amides is 1. The number of aromatic nitrogens is 1. The van der Waals surface area contributed by atoms with Gasteiger partial charge in [-0.3, -0.25) is 0 Å². The van der Waals surface area contributed by atoms with Gasteiger partial charge >= 0.3 is 6.09 Å². The van der Waals surface area contributed by atoms with Gasteiger partial charge in [0.25, 0.3) is 0 Å². The van der Waals surface area contributed by atoms with Crippen molar-refractivity contribution in [3.63, 3.8) is 0 Å². The van der Waals surface area contributed by atoms with Crippen molar-refractivity contribution in [1.82, 2.24) is 4.98 Å². The second-order valence-corrected chi connectivity index (χ2v) is 8.82. The SMILES string of the molecule is CC(C)(C)C1CC(OC(N)=O)CCN1c1nc(-c2ccc(C#N)c(F)c2)cs1. The lowest BCUT2D eigenvalue weighted by Gasteiger charge is -2.45. The minimum Gasteiger partial charge on any atom is -0.446 e. The Balaban J connectivity index is 1.85. The topological polar surface area (TPSA) is 92.2 Å². The van der Waals surface area contributed by atoms with Crippen molar-refractivity contribution in [1.29, 1.82) is 5.26 Å². The van der Waals surface area contributed by atoms with Crippen LogP contribution in [0.5, 0.6) is 0 Å². The highest BCUT2D eigenvalue weighted by Gasteiger charge is 2.38. The van der Waals surface area contributed by atoms with Gasteiger partial charge < -0.3 is 15.4 Å². The monoisotopic (exact) mass is 402 g/mol. The zero-order valence-electron chi connectivity index (χ0n) is 16.1. The van der Waals surface area contributed by atoms with E-state index < -0.39 is 11.9 Å². The summed E-state index contributed by atoms with van der Waals surface area (Å²) in [5, 5.41) is 11.6. The van der Waals surface area contributed by atoms with E-state index in [1.807, 2.05) is 11.4 Å². The van der Waals surface area contributed by atoms with Crippen molar-refractivity contribution in [2.75, 3.05) is 11.4 Å². The molecular formula is C20H23FN4O2S. The number of primary amides is 1. The summed E-state index contributed by atoms with van der Waals surface area (Å²) in [4.78, 5) is 18.1. The maximum Gasteiger partial charge on any atom is 0.404 e. The predicted molar refractivity (Wildman–Crippen MR) is 107 cm³/mol. The number of thiazole rings is 1. The number of ether oxygens (including phenoxy) is 1. The van der Waals surface area contributed by atoms with Crippen LogP contribution in [-0.2, 0) is 4.74 Å². The van der Waals surface area contributed by atoms with Crippen molar-refractivity contribution in [2.45, 2.75) is 45.8 Å². The van der Waals surface area contributed by atoms with Gasteiger partial charge in [-0.25, -0.2) is 14.2 Å². The number of hydrogen-bond acceptors (Lipinski definition) is 6. The molecule has 1 amide bonds. The fourth-order valence-electron chi connectivity index (χ4n) is 3.55. The quantitative estimate of drug-likeness (QED) is 0.826. The minimum absolute atomic E-state index is 0.0172. The Hall–Kier alpha value is -2.66. The van der Waals surface area contributed by atoms with Gasteiger partial charge in [-0.2, -0.15) is 5.26 Å². The van der Waals surface area contributed by atoms with E-state index in [-0.39, 0.29) is 23.1 Å². The summed E-state index contributed by atoms with van der Waals surface area (Å²) in [5.74, 6) is -0.550.